The van der Waals surface area contributed by atoms with Gasteiger partial charge in [-0.1, -0.05) is 24.3 Å². The molecule has 18 heavy (non-hydrogen) atoms. The lowest BCUT2D eigenvalue weighted by molar-refractivity contribution is 0.148. The quantitative estimate of drug-likeness (QED) is 0.844. The van der Waals surface area contributed by atoms with Crippen LogP contribution in [0.25, 0.3) is 10.9 Å². The second kappa shape index (κ2) is 5.04. The van der Waals surface area contributed by atoms with E-state index in [9.17, 15) is 5.11 Å². The number of aliphatic hydroxyl groups is 1. The fourth-order valence-corrected chi connectivity index (χ4v) is 2.31. The zero-order chi connectivity index (χ0) is 12.4. The maximum absolute atomic E-state index is 9.80. The third-order valence-corrected chi connectivity index (χ3v) is 3.55. The molecule has 0 radical (unpaired) electrons. The third-order valence-electron chi connectivity index (χ3n) is 3.55. The summed E-state index contributed by atoms with van der Waals surface area (Å²) in [5.74, 6) is 0.531. The zero-order valence-electron chi connectivity index (χ0n) is 10.3. The monoisotopic (exact) mass is 242 g/mol. The molecule has 2 N–H and O–H groups in total. The van der Waals surface area contributed by atoms with Gasteiger partial charge >= 0.3 is 0 Å². The Morgan fingerprint density at radius 3 is 2.94 bits per heavy atom. The first-order chi connectivity index (χ1) is 8.84. The van der Waals surface area contributed by atoms with Gasteiger partial charge in [-0.25, -0.2) is 0 Å². The molecule has 0 amide bonds. The van der Waals surface area contributed by atoms with Crippen LogP contribution in [0.5, 0.6) is 0 Å². The Labute approximate surface area is 107 Å². The van der Waals surface area contributed by atoms with Gasteiger partial charge in [-0.3, -0.25) is 4.98 Å². The maximum atomic E-state index is 9.80. The molecule has 3 nitrogen and oxygen atoms in total. The second-order valence-electron chi connectivity index (χ2n) is 5.03. The molecule has 0 spiro atoms. The number of aliphatic hydroxyl groups excluding tert-OH is 1. The van der Waals surface area contributed by atoms with Crippen molar-refractivity contribution < 1.29 is 5.11 Å². The van der Waals surface area contributed by atoms with Crippen molar-refractivity contribution in [3.8, 4) is 0 Å². The van der Waals surface area contributed by atoms with Gasteiger partial charge < -0.3 is 10.4 Å². The zero-order valence-corrected chi connectivity index (χ0v) is 10.3. The van der Waals surface area contributed by atoms with Gasteiger partial charge in [-0.15, -0.1) is 0 Å². The van der Waals surface area contributed by atoms with E-state index in [0.717, 1.165) is 12.1 Å². The fourth-order valence-electron chi connectivity index (χ4n) is 2.31. The topological polar surface area (TPSA) is 45.1 Å². The van der Waals surface area contributed by atoms with Crippen molar-refractivity contribution in [3.05, 3.63) is 42.1 Å². The highest BCUT2D eigenvalue weighted by Crippen LogP contribution is 2.32. The smallest absolute Gasteiger partial charge is 0.0746 e. The second-order valence-corrected chi connectivity index (χ2v) is 5.03. The minimum atomic E-state index is -0.187. The van der Waals surface area contributed by atoms with Crippen molar-refractivity contribution in [2.75, 3.05) is 6.54 Å². The van der Waals surface area contributed by atoms with Crippen molar-refractivity contribution in [1.29, 1.82) is 0 Å². The minimum Gasteiger partial charge on any atom is -0.392 e. The number of nitrogens with zero attached hydrogens (tertiary/aromatic N) is 1. The molecule has 3 rings (SSSR count). The summed E-state index contributed by atoms with van der Waals surface area (Å²) >= 11 is 0. The summed E-state index contributed by atoms with van der Waals surface area (Å²) in [5, 5.41) is 14.3. The molecule has 1 fully saturated rings. The van der Waals surface area contributed by atoms with Crippen LogP contribution in [0.4, 0.5) is 0 Å². The van der Waals surface area contributed by atoms with E-state index in [4.69, 9.17) is 0 Å². The van der Waals surface area contributed by atoms with E-state index >= 15 is 0 Å². The molecule has 1 unspecified atom stereocenters. The van der Waals surface area contributed by atoms with Crippen molar-refractivity contribution >= 4 is 10.9 Å². The summed E-state index contributed by atoms with van der Waals surface area (Å²) in [4.78, 5) is 4.42. The lowest BCUT2D eigenvalue weighted by Gasteiger charge is -2.11. The predicted molar refractivity (Wildman–Crippen MR) is 72.2 cm³/mol. The van der Waals surface area contributed by atoms with E-state index in [0.29, 0.717) is 12.5 Å². The van der Waals surface area contributed by atoms with Crippen molar-refractivity contribution in [3.63, 3.8) is 0 Å². The summed E-state index contributed by atoms with van der Waals surface area (Å²) in [6.45, 7) is 1.44. The molecule has 3 heteroatoms. The van der Waals surface area contributed by atoms with Gasteiger partial charge in [-0.05, 0) is 30.4 Å². The van der Waals surface area contributed by atoms with Gasteiger partial charge in [0.15, 0.2) is 0 Å². The molecule has 0 aliphatic heterocycles. The maximum Gasteiger partial charge on any atom is 0.0746 e. The molecule has 1 aliphatic rings. The Kier molecular flexibility index (Phi) is 3.26. The molecular weight excluding hydrogens is 224 g/mol. The number of aromatic nitrogens is 1. The Bertz CT molecular complexity index is 532. The Morgan fingerprint density at radius 1 is 1.28 bits per heavy atom. The van der Waals surface area contributed by atoms with Crippen LogP contribution in [0.15, 0.2) is 36.5 Å². The lowest BCUT2D eigenvalue weighted by Crippen LogP contribution is -2.27. The van der Waals surface area contributed by atoms with E-state index < -0.39 is 0 Å². The lowest BCUT2D eigenvalue weighted by atomic mass is 10.1. The van der Waals surface area contributed by atoms with Crippen molar-refractivity contribution in [1.82, 2.24) is 10.3 Å². The number of pyridine rings is 1. The van der Waals surface area contributed by atoms with Gasteiger partial charge in [0.2, 0.25) is 0 Å². The summed E-state index contributed by atoms with van der Waals surface area (Å²) in [6, 6.07) is 10.2. The molecule has 1 saturated carbocycles. The highest BCUT2D eigenvalue weighted by Gasteiger charge is 2.29. The number of rotatable bonds is 5. The minimum absolute atomic E-state index is 0.187. The van der Waals surface area contributed by atoms with Gasteiger partial charge in [0.25, 0.3) is 0 Å². The molecule has 1 atom stereocenters. The molecule has 2 aromatic rings. The average Bonchev–Trinajstić information content (AvgIpc) is 3.23. The van der Waals surface area contributed by atoms with Crippen LogP contribution >= 0.6 is 0 Å². The average molecular weight is 242 g/mol. The van der Waals surface area contributed by atoms with E-state index in [1.165, 1.54) is 23.8 Å². The number of para-hydroxylation sites is 1. The molecule has 0 bridgehead atoms. The van der Waals surface area contributed by atoms with Crippen molar-refractivity contribution in [2.45, 2.75) is 25.5 Å². The molecule has 1 aromatic heterocycles. The van der Waals surface area contributed by atoms with E-state index in [-0.39, 0.29) is 6.10 Å². The van der Waals surface area contributed by atoms with E-state index in [2.05, 4.69) is 34.6 Å². The highest BCUT2D eigenvalue weighted by molar-refractivity contribution is 5.81. The van der Waals surface area contributed by atoms with Crippen LogP contribution in [0.2, 0.25) is 0 Å². The molecular formula is C15H18N2O. The Balaban J connectivity index is 1.66. The molecule has 94 valence electrons. The van der Waals surface area contributed by atoms with Gasteiger partial charge in [0, 0.05) is 24.7 Å². The summed E-state index contributed by atoms with van der Waals surface area (Å²) in [7, 11) is 0. The van der Waals surface area contributed by atoms with Gasteiger partial charge in [0.05, 0.1) is 11.6 Å². The summed E-state index contributed by atoms with van der Waals surface area (Å²) in [6.07, 6.45) is 4.00. The van der Waals surface area contributed by atoms with Gasteiger partial charge in [-0.2, -0.15) is 0 Å². The van der Waals surface area contributed by atoms with Crippen LogP contribution in [0, 0.1) is 5.92 Å². The number of hydrogen-bond acceptors (Lipinski definition) is 3. The first kappa shape index (κ1) is 11.6. The first-order valence-corrected chi connectivity index (χ1v) is 6.56. The largest absolute Gasteiger partial charge is 0.392 e. The standard InChI is InChI=1S/C15H18N2O/c18-14(11-6-7-11)10-16-9-13-4-1-3-12-5-2-8-17-15(12)13/h1-5,8,11,14,16,18H,6-7,9-10H2. The van der Waals surface area contributed by atoms with Gasteiger partial charge in [0.1, 0.15) is 0 Å². The van der Waals surface area contributed by atoms with E-state index in [1.54, 1.807) is 0 Å². The van der Waals surface area contributed by atoms with Crippen LogP contribution in [0.1, 0.15) is 18.4 Å². The fraction of sp³-hybridized carbons (Fsp3) is 0.400. The molecule has 0 saturated heterocycles. The SMILES string of the molecule is OC(CNCc1cccc2cccnc12)C1CC1. The van der Waals surface area contributed by atoms with Crippen LogP contribution in [0.3, 0.4) is 0 Å². The van der Waals surface area contributed by atoms with Crippen LogP contribution < -0.4 is 5.32 Å². The Hall–Kier alpha value is -1.45. The van der Waals surface area contributed by atoms with Crippen LogP contribution in [-0.2, 0) is 6.54 Å². The van der Waals surface area contributed by atoms with Crippen molar-refractivity contribution in [2.24, 2.45) is 5.92 Å². The predicted octanol–water partition coefficient (Wildman–Crippen LogP) is 2.10. The number of benzene rings is 1. The Morgan fingerprint density at radius 2 is 2.11 bits per heavy atom. The number of fused-ring (bicyclic) bond motifs is 1. The highest BCUT2D eigenvalue weighted by atomic mass is 16.3. The summed E-state index contributed by atoms with van der Waals surface area (Å²) in [5.41, 5.74) is 2.24. The molecule has 1 aromatic carbocycles. The van der Waals surface area contributed by atoms with E-state index in [1.807, 2.05) is 12.3 Å². The first-order valence-electron chi connectivity index (χ1n) is 6.56. The molecule has 1 aliphatic carbocycles. The van der Waals surface area contributed by atoms with Crippen LogP contribution in [-0.4, -0.2) is 22.7 Å². The number of hydrogen-bond donors (Lipinski definition) is 2. The third kappa shape index (κ3) is 2.52. The molecule has 1 heterocycles. The number of nitrogens with one attached hydrogen (secondary N) is 1. The normalized spacial score (nSPS) is 16.9. The summed E-state index contributed by atoms with van der Waals surface area (Å²) < 4.78 is 0.